The SMILES string of the molecule is Fc1ccc(NC2CCOCC2)c(I)c1. The Morgan fingerprint density at radius 1 is 1.33 bits per heavy atom. The molecule has 0 atom stereocenters. The summed E-state index contributed by atoms with van der Waals surface area (Å²) in [6, 6.07) is 5.29. The predicted molar refractivity (Wildman–Crippen MR) is 66.6 cm³/mol. The first-order valence-corrected chi connectivity index (χ1v) is 6.13. The summed E-state index contributed by atoms with van der Waals surface area (Å²) in [5, 5.41) is 3.42. The van der Waals surface area contributed by atoms with Crippen molar-refractivity contribution in [2.24, 2.45) is 0 Å². The van der Waals surface area contributed by atoms with E-state index in [4.69, 9.17) is 4.74 Å². The number of nitrogens with one attached hydrogen (secondary N) is 1. The molecule has 4 heteroatoms. The highest BCUT2D eigenvalue weighted by molar-refractivity contribution is 14.1. The molecular weight excluding hydrogens is 308 g/mol. The van der Waals surface area contributed by atoms with Crippen molar-refractivity contribution < 1.29 is 9.13 Å². The van der Waals surface area contributed by atoms with Gasteiger partial charge in [-0.1, -0.05) is 0 Å². The van der Waals surface area contributed by atoms with Gasteiger partial charge in [0.25, 0.3) is 0 Å². The maximum absolute atomic E-state index is 12.9. The lowest BCUT2D eigenvalue weighted by atomic mass is 10.1. The molecule has 0 amide bonds. The van der Waals surface area contributed by atoms with Gasteiger partial charge in [0.15, 0.2) is 0 Å². The zero-order chi connectivity index (χ0) is 10.7. The molecule has 0 saturated carbocycles. The Morgan fingerprint density at radius 2 is 2.07 bits per heavy atom. The highest BCUT2D eigenvalue weighted by Crippen LogP contribution is 2.22. The number of hydrogen-bond donors (Lipinski definition) is 1. The van der Waals surface area contributed by atoms with Crippen molar-refractivity contribution in [3.63, 3.8) is 0 Å². The van der Waals surface area contributed by atoms with Crippen molar-refractivity contribution in [1.29, 1.82) is 0 Å². The van der Waals surface area contributed by atoms with Gasteiger partial charge in [-0.3, -0.25) is 0 Å². The van der Waals surface area contributed by atoms with Crippen LogP contribution in [0.3, 0.4) is 0 Å². The van der Waals surface area contributed by atoms with E-state index in [1.165, 1.54) is 6.07 Å². The molecule has 0 bridgehead atoms. The second-order valence-corrected chi connectivity index (χ2v) is 4.82. The molecule has 1 aliphatic rings. The molecule has 0 spiro atoms. The molecule has 0 unspecified atom stereocenters. The van der Waals surface area contributed by atoms with Crippen LogP contribution in [0.2, 0.25) is 0 Å². The third-order valence-electron chi connectivity index (χ3n) is 2.51. The number of hydrogen-bond acceptors (Lipinski definition) is 2. The summed E-state index contributed by atoms with van der Waals surface area (Å²) in [6.07, 6.45) is 2.04. The average Bonchev–Trinajstić information content (AvgIpc) is 2.24. The monoisotopic (exact) mass is 321 g/mol. The normalized spacial score (nSPS) is 17.7. The fourth-order valence-electron chi connectivity index (χ4n) is 1.67. The summed E-state index contributed by atoms with van der Waals surface area (Å²) in [6.45, 7) is 1.63. The first kappa shape index (κ1) is 11.1. The quantitative estimate of drug-likeness (QED) is 0.846. The molecule has 1 heterocycles. The number of benzene rings is 1. The van der Waals surface area contributed by atoms with Crippen LogP contribution in [0.15, 0.2) is 18.2 Å². The van der Waals surface area contributed by atoms with Crippen LogP contribution in [0.4, 0.5) is 10.1 Å². The van der Waals surface area contributed by atoms with Gasteiger partial charge in [-0.15, -0.1) is 0 Å². The summed E-state index contributed by atoms with van der Waals surface area (Å²) in [7, 11) is 0. The van der Waals surface area contributed by atoms with Gasteiger partial charge in [0.05, 0.1) is 0 Å². The van der Waals surface area contributed by atoms with Crippen LogP contribution in [-0.4, -0.2) is 19.3 Å². The third-order valence-corrected chi connectivity index (χ3v) is 3.40. The number of anilines is 1. The lowest BCUT2D eigenvalue weighted by Crippen LogP contribution is -2.28. The molecule has 0 radical (unpaired) electrons. The highest BCUT2D eigenvalue weighted by Gasteiger charge is 2.14. The Bertz CT molecular complexity index is 339. The fraction of sp³-hybridized carbons (Fsp3) is 0.455. The Labute approximate surface area is 102 Å². The van der Waals surface area contributed by atoms with Gasteiger partial charge in [-0.2, -0.15) is 0 Å². The van der Waals surface area contributed by atoms with Gasteiger partial charge in [0.2, 0.25) is 0 Å². The molecule has 2 nitrogen and oxygen atoms in total. The third kappa shape index (κ3) is 3.04. The molecule has 1 fully saturated rings. The Morgan fingerprint density at radius 3 is 2.73 bits per heavy atom. The van der Waals surface area contributed by atoms with Crippen LogP contribution in [0.25, 0.3) is 0 Å². The Hall–Kier alpha value is -0.360. The lowest BCUT2D eigenvalue weighted by Gasteiger charge is -2.24. The maximum Gasteiger partial charge on any atom is 0.124 e. The van der Waals surface area contributed by atoms with Gasteiger partial charge in [0.1, 0.15) is 5.82 Å². The van der Waals surface area contributed by atoms with Crippen molar-refractivity contribution in [3.05, 3.63) is 27.6 Å². The first-order valence-electron chi connectivity index (χ1n) is 5.05. The summed E-state index contributed by atoms with van der Waals surface area (Å²) < 4.78 is 19.1. The maximum atomic E-state index is 12.9. The Balaban J connectivity index is 2.03. The molecule has 1 N–H and O–H groups in total. The highest BCUT2D eigenvalue weighted by atomic mass is 127. The minimum atomic E-state index is -0.183. The van der Waals surface area contributed by atoms with Crippen LogP contribution in [0, 0.1) is 9.39 Å². The standard InChI is InChI=1S/C11H13FINO/c12-8-1-2-11(10(13)7-8)14-9-3-5-15-6-4-9/h1-2,7,9,14H,3-6H2. The van der Waals surface area contributed by atoms with E-state index >= 15 is 0 Å². The van der Waals surface area contributed by atoms with E-state index in [1.54, 1.807) is 12.1 Å². The molecular formula is C11H13FINO. The summed E-state index contributed by atoms with van der Waals surface area (Å²) in [5.41, 5.74) is 1.02. The van der Waals surface area contributed by atoms with Crippen molar-refractivity contribution in [2.45, 2.75) is 18.9 Å². The topological polar surface area (TPSA) is 21.3 Å². The second-order valence-electron chi connectivity index (χ2n) is 3.66. The zero-order valence-electron chi connectivity index (χ0n) is 8.30. The number of halogens is 2. The Kier molecular flexibility index (Phi) is 3.80. The summed E-state index contributed by atoms with van der Waals surface area (Å²) >= 11 is 2.15. The zero-order valence-corrected chi connectivity index (χ0v) is 10.5. The molecule has 0 aromatic heterocycles. The minimum absolute atomic E-state index is 0.183. The molecule has 1 saturated heterocycles. The molecule has 82 valence electrons. The molecule has 1 aromatic rings. The van der Waals surface area contributed by atoms with E-state index in [-0.39, 0.29) is 5.82 Å². The van der Waals surface area contributed by atoms with Gasteiger partial charge in [0, 0.05) is 28.5 Å². The smallest absolute Gasteiger partial charge is 0.124 e. The molecule has 1 aliphatic heterocycles. The number of ether oxygens (including phenoxy) is 1. The average molecular weight is 321 g/mol. The van der Waals surface area contributed by atoms with E-state index in [1.807, 2.05) is 0 Å². The molecule has 0 aliphatic carbocycles. The van der Waals surface area contributed by atoms with Crippen LogP contribution >= 0.6 is 22.6 Å². The van der Waals surface area contributed by atoms with Gasteiger partial charge in [-0.25, -0.2) is 4.39 Å². The second kappa shape index (κ2) is 5.12. The molecule has 1 aromatic carbocycles. The number of rotatable bonds is 2. The van der Waals surface area contributed by atoms with Gasteiger partial charge >= 0.3 is 0 Å². The molecule has 15 heavy (non-hydrogen) atoms. The predicted octanol–water partition coefficient (Wildman–Crippen LogP) is 3.02. The van der Waals surface area contributed by atoms with Crippen molar-refractivity contribution in [3.8, 4) is 0 Å². The van der Waals surface area contributed by atoms with E-state index in [9.17, 15) is 4.39 Å². The van der Waals surface area contributed by atoms with Crippen molar-refractivity contribution in [1.82, 2.24) is 0 Å². The van der Waals surface area contributed by atoms with Crippen LogP contribution < -0.4 is 5.32 Å². The van der Waals surface area contributed by atoms with Crippen LogP contribution in [-0.2, 0) is 4.74 Å². The fourth-order valence-corrected chi connectivity index (χ4v) is 2.30. The lowest BCUT2D eigenvalue weighted by molar-refractivity contribution is 0.0904. The van der Waals surface area contributed by atoms with E-state index in [2.05, 4.69) is 27.9 Å². The molecule has 2 rings (SSSR count). The van der Waals surface area contributed by atoms with Crippen molar-refractivity contribution in [2.75, 3.05) is 18.5 Å². The largest absolute Gasteiger partial charge is 0.381 e. The van der Waals surface area contributed by atoms with E-state index in [0.29, 0.717) is 6.04 Å². The van der Waals surface area contributed by atoms with Crippen LogP contribution in [0.1, 0.15) is 12.8 Å². The summed E-state index contributed by atoms with van der Waals surface area (Å²) in [5.74, 6) is -0.183. The van der Waals surface area contributed by atoms with E-state index in [0.717, 1.165) is 35.3 Å². The van der Waals surface area contributed by atoms with E-state index < -0.39 is 0 Å². The van der Waals surface area contributed by atoms with Gasteiger partial charge < -0.3 is 10.1 Å². The summed E-state index contributed by atoms with van der Waals surface area (Å²) in [4.78, 5) is 0. The van der Waals surface area contributed by atoms with Crippen LogP contribution in [0.5, 0.6) is 0 Å². The van der Waals surface area contributed by atoms with Gasteiger partial charge in [-0.05, 0) is 53.6 Å². The van der Waals surface area contributed by atoms with Crippen molar-refractivity contribution >= 4 is 28.3 Å². The first-order chi connectivity index (χ1) is 7.25. The minimum Gasteiger partial charge on any atom is -0.381 e.